The first-order valence-corrected chi connectivity index (χ1v) is 7.53. The van der Waals surface area contributed by atoms with Gasteiger partial charge in [-0.2, -0.15) is 4.98 Å². The van der Waals surface area contributed by atoms with E-state index in [4.69, 9.17) is 4.52 Å². The minimum absolute atomic E-state index is 0.0350. The van der Waals surface area contributed by atoms with Crippen LogP contribution in [0.15, 0.2) is 22.0 Å². The molecule has 1 aliphatic heterocycles. The molecule has 0 bridgehead atoms. The van der Waals surface area contributed by atoms with Gasteiger partial charge in [-0.15, -0.1) is 11.3 Å². The first-order chi connectivity index (χ1) is 9.81. The quantitative estimate of drug-likeness (QED) is 0.832. The second kappa shape index (κ2) is 6.15. The lowest BCUT2D eigenvalue weighted by Gasteiger charge is -2.27. The summed E-state index contributed by atoms with van der Waals surface area (Å²) in [6.07, 6.45) is 0.860. The summed E-state index contributed by atoms with van der Waals surface area (Å²) in [5, 5.41) is 12.0. The van der Waals surface area contributed by atoms with Gasteiger partial charge in [0.2, 0.25) is 17.6 Å². The van der Waals surface area contributed by atoms with Gasteiger partial charge in [-0.05, 0) is 11.4 Å². The van der Waals surface area contributed by atoms with Crippen molar-refractivity contribution < 1.29 is 9.32 Å². The van der Waals surface area contributed by atoms with Crippen LogP contribution in [0.3, 0.4) is 0 Å². The molecule has 0 unspecified atom stereocenters. The molecular weight excluding hydrogens is 276 g/mol. The van der Waals surface area contributed by atoms with Gasteiger partial charge in [0, 0.05) is 38.4 Å². The number of aromatic nitrogens is 2. The number of nitrogens with zero attached hydrogens (tertiary/aromatic N) is 2. The number of nitrogens with one attached hydrogen (secondary N) is 2. The second-order valence-electron chi connectivity index (χ2n) is 4.82. The van der Waals surface area contributed by atoms with Gasteiger partial charge in [0.15, 0.2) is 0 Å². The Morgan fingerprint density at radius 2 is 2.45 bits per heavy atom. The van der Waals surface area contributed by atoms with Crippen LogP contribution < -0.4 is 10.6 Å². The van der Waals surface area contributed by atoms with E-state index in [0.29, 0.717) is 30.5 Å². The SMILES string of the molecule is O=C(CCc1nc(-c2cccs2)no1)NCC1CNC1. The summed E-state index contributed by atoms with van der Waals surface area (Å²) in [5.41, 5.74) is 0. The zero-order chi connectivity index (χ0) is 13.8. The molecule has 0 aromatic carbocycles. The van der Waals surface area contributed by atoms with Crippen LogP contribution in [0.4, 0.5) is 0 Å². The molecule has 2 aromatic rings. The van der Waals surface area contributed by atoms with E-state index in [0.717, 1.165) is 24.5 Å². The molecule has 2 N–H and O–H groups in total. The van der Waals surface area contributed by atoms with E-state index in [1.165, 1.54) is 0 Å². The number of hydrogen-bond acceptors (Lipinski definition) is 6. The van der Waals surface area contributed by atoms with Gasteiger partial charge in [0.05, 0.1) is 4.88 Å². The Balaban J connectivity index is 1.44. The summed E-state index contributed by atoms with van der Waals surface area (Å²) in [6.45, 7) is 2.73. The number of amides is 1. The van der Waals surface area contributed by atoms with Crippen molar-refractivity contribution in [2.24, 2.45) is 5.92 Å². The molecule has 3 rings (SSSR count). The minimum atomic E-state index is 0.0350. The highest BCUT2D eigenvalue weighted by Gasteiger charge is 2.17. The molecule has 3 heterocycles. The zero-order valence-corrected chi connectivity index (χ0v) is 11.8. The maximum atomic E-state index is 11.7. The normalized spacial score (nSPS) is 15.0. The van der Waals surface area contributed by atoms with E-state index >= 15 is 0 Å². The van der Waals surface area contributed by atoms with E-state index in [1.54, 1.807) is 11.3 Å². The van der Waals surface area contributed by atoms with Crippen molar-refractivity contribution in [3.8, 4) is 10.7 Å². The first kappa shape index (κ1) is 13.3. The molecule has 0 aliphatic carbocycles. The molecule has 1 aliphatic rings. The van der Waals surface area contributed by atoms with Gasteiger partial charge in [-0.25, -0.2) is 0 Å². The molecule has 1 fully saturated rings. The summed E-state index contributed by atoms with van der Waals surface area (Å²) in [7, 11) is 0. The average Bonchev–Trinajstić information content (AvgIpc) is 3.05. The Kier molecular flexibility index (Phi) is 4.08. The second-order valence-corrected chi connectivity index (χ2v) is 5.77. The molecule has 6 nitrogen and oxygen atoms in total. The molecule has 1 amide bonds. The Hall–Kier alpha value is -1.73. The monoisotopic (exact) mass is 292 g/mol. The van der Waals surface area contributed by atoms with E-state index in [1.807, 2.05) is 17.5 Å². The maximum Gasteiger partial charge on any atom is 0.227 e. The molecule has 1 saturated heterocycles. The van der Waals surface area contributed by atoms with Crippen molar-refractivity contribution in [1.82, 2.24) is 20.8 Å². The van der Waals surface area contributed by atoms with Gasteiger partial charge in [0.1, 0.15) is 0 Å². The lowest BCUT2D eigenvalue weighted by Crippen LogP contribution is -2.48. The van der Waals surface area contributed by atoms with Crippen LogP contribution >= 0.6 is 11.3 Å². The number of aryl methyl sites for hydroxylation is 1. The molecule has 20 heavy (non-hydrogen) atoms. The highest BCUT2D eigenvalue weighted by Crippen LogP contribution is 2.21. The van der Waals surface area contributed by atoms with Crippen LogP contribution in [-0.2, 0) is 11.2 Å². The van der Waals surface area contributed by atoms with Gasteiger partial charge >= 0.3 is 0 Å². The Morgan fingerprint density at radius 3 is 3.15 bits per heavy atom. The largest absolute Gasteiger partial charge is 0.356 e. The van der Waals surface area contributed by atoms with Crippen molar-refractivity contribution in [2.45, 2.75) is 12.8 Å². The van der Waals surface area contributed by atoms with Crippen LogP contribution in [0.5, 0.6) is 0 Å². The average molecular weight is 292 g/mol. The topological polar surface area (TPSA) is 80.0 Å². The smallest absolute Gasteiger partial charge is 0.227 e. The van der Waals surface area contributed by atoms with Crippen LogP contribution in [0.1, 0.15) is 12.3 Å². The van der Waals surface area contributed by atoms with E-state index in [-0.39, 0.29) is 5.91 Å². The van der Waals surface area contributed by atoms with Gasteiger partial charge in [-0.3, -0.25) is 4.79 Å². The fourth-order valence-corrected chi connectivity index (χ4v) is 2.57. The zero-order valence-electron chi connectivity index (χ0n) is 11.0. The Bertz CT molecular complexity index is 563. The maximum absolute atomic E-state index is 11.7. The number of carbonyl (C=O) groups excluding carboxylic acids is 1. The predicted molar refractivity (Wildman–Crippen MR) is 75.3 cm³/mol. The first-order valence-electron chi connectivity index (χ1n) is 6.65. The molecule has 0 spiro atoms. The third kappa shape index (κ3) is 3.23. The fraction of sp³-hybridized carbons (Fsp3) is 0.462. The summed E-state index contributed by atoms with van der Waals surface area (Å²) in [5.74, 6) is 1.71. The summed E-state index contributed by atoms with van der Waals surface area (Å²) in [6, 6.07) is 3.89. The summed E-state index contributed by atoms with van der Waals surface area (Å²) in [4.78, 5) is 16.9. The lowest BCUT2D eigenvalue weighted by molar-refractivity contribution is -0.121. The predicted octanol–water partition coefficient (Wildman–Crippen LogP) is 1.07. The molecule has 2 aromatic heterocycles. The lowest BCUT2D eigenvalue weighted by atomic mass is 10.0. The third-order valence-corrected chi connectivity index (χ3v) is 4.10. The summed E-state index contributed by atoms with van der Waals surface area (Å²) >= 11 is 1.56. The molecule has 0 saturated carbocycles. The minimum Gasteiger partial charge on any atom is -0.356 e. The van der Waals surface area contributed by atoms with Gasteiger partial charge < -0.3 is 15.2 Å². The van der Waals surface area contributed by atoms with E-state index < -0.39 is 0 Å². The van der Waals surface area contributed by atoms with Crippen LogP contribution in [-0.4, -0.2) is 35.7 Å². The van der Waals surface area contributed by atoms with Gasteiger partial charge in [0.25, 0.3) is 0 Å². The van der Waals surface area contributed by atoms with Crippen molar-refractivity contribution >= 4 is 17.2 Å². The number of thiophene rings is 1. The van der Waals surface area contributed by atoms with Crippen molar-refractivity contribution in [3.63, 3.8) is 0 Å². The Labute approximate surface area is 120 Å². The summed E-state index contributed by atoms with van der Waals surface area (Å²) < 4.78 is 5.15. The number of rotatable bonds is 6. The third-order valence-electron chi connectivity index (χ3n) is 3.23. The van der Waals surface area contributed by atoms with Crippen molar-refractivity contribution in [2.75, 3.05) is 19.6 Å². The van der Waals surface area contributed by atoms with Crippen LogP contribution in [0.25, 0.3) is 10.7 Å². The van der Waals surface area contributed by atoms with E-state index in [9.17, 15) is 4.79 Å². The van der Waals surface area contributed by atoms with Crippen LogP contribution in [0, 0.1) is 5.92 Å². The highest BCUT2D eigenvalue weighted by molar-refractivity contribution is 7.13. The Morgan fingerprint density at radius 1 is 1.55 bits per heavy atom. The standard InChI is InChI=1S/C13H16N4O2S/c18-11(15-8-9-6-14-7-9)3-4-12-16-13(17-19-12)10-2-1-5-20-10/h1-2,5,9,14H,3-4,6-8H2,(H,15,18). The molecule has 0 atom stereocenters. The number of carbonyl (C=O) groups is 1. The van der Waals surface area contributed by atoms with Crippen molar-refractivity contribution in [1.29, 1.82) is 0 Å². The van der Waals surface area contributed by atoms with Gasteiger partial charge in [-0.1, -0.05) is 11.2 Å². The molecule has 0 radical (unpaired) electrons. The molecular formula is C13H16N4O2S. The van der Waals surface area contributed by atoms with E-state index in [2.05, 4.69) is 20.8 Å². The highest BCUT2D eigenvalue weighted by atomic mass is 32.1. The van der Waals surface area contributed by atoms with Crippen molar-refractivity contribution in [3.05, 3.63) is 23.4 Å². The molecule has 106 valence electrons. The number of hydrogen-bond donors (Lipinski definition) is 2. The van der Waals surface area contributed by atoms with Crippen LogP contribution in [0.2, 0.25) is 0 Å². The molecule has 7 heteroatoms. The fourth-order valence-electron chi connectivity index (χ4n) is 1.92.